The predicted molar refractivity (Wildman–Crippen MR) is 104 cm³/mol. The average molecular weight is 368 g/mol. The zero-order valence-corrected chi connectivity index (χ0v) is 15.3. The fourth-order valence-electron chi connectivity index (χ4n) is 3.18. The summed E-state index contributed by atoms with van der Waals surface area (Å²) in [4.78, 5) is 24.8. The maximum atomic E-state index is 12.4. The number of carbonyl (C=O) groups is 2. The maximum Gasteiger partial charge on any atom is 0.341 e. The van der Waals surface area contributed by atoms with E-state index < -0.39 is 12.1 Å². The van der Waals surface area contributed by atoms with Crippen LogP contribution in [0.4, 0.5) is 11.4 Å². The van der Waals surface area contributed by atoms with Crippen LogP contribution in [0.3, 0.4) is 0 Å². The first-order valence-corrected chi connectivity index (χ1v) is 9.16. The highest BCUT2D eigenvalue weighted by Crippen LogP contribution is 2.25. The van der Waals surface area contributed by atoms with Gasteiger partial charge in [-0.2, -0.15) is 0 Å². The van der Waals surface area contributed by atoms with E-state index in [2.05, 4.69) is 10.6 Å². The largest absolute Gasteiger partial charge is 0.449 e. The van der Waals surface area contributed by atoms with Gasteiger partial charge in [-0.15, -0.1) is 0 Å². The van der Waals surface area contributed by atoms with Crippen molar-refractivity contribution in [2.75, 3.05) is 23.8 Å². The van der Waals surface area contributed by atoms with Gasteiger partial charge in [-0.25, -0.2) is 4.79 Å². The number of ether oxygens (including phenoxy) is 1. The van der Waals surface area contributed by atoms with E-state index in [-0.39, 0.29) is 12.5 Å². The third kappa shape index (κ3) is 4.65. The minimum Gasteiger partial charge on any atom is -0.449 e. The number of esters is 1. The molecule has 1 atom stereocenters. The van der Waals surface area contributed by atoms with Gasteiger partial charge in [0.15, 0.2) is 6.10 Å². The fourth-order valence-corrected chi connectivity index (χ4v) is 3.18. The molecule has 27 heavy (non-hydrogen) atoms. The third-order valence-electron chi connectivity index (χ3n) is 4.59. The third-order valence-corrected chi connectivity index (χ3v) is 4.59. The molecule has 0 radical (unpaired) electrons. The summed E-state index contributed by atoms with van der Waals surface area (Å²) in [7, 11) is 0. The topological polar surface area (TPSA) is 87.7 Å². The Bertz CT molecular complexity index is 835. The van der Waals surface area contributed by atoms with E-state index in [1.165, 1.54) is 11.1 Å². The lowest BCUT2D eigenvalue weighted by Gasteiger charge is -2.16. The Labute approximate surface area is 158 Å². The molecule has 0 aliphatic heterocycles. The molecule has 6 nitrogen and oxygen atoms in total. The summed E-state index contributed by atoms with van der Waals surface area (Å²) in [5.41, 5.74) is 4.19. The van der Waals surface area contributed by atoms with Crippen LogP contribution in [0.1, 0.15) is 34.8 Å². The molecule has 0 spiro atoms. The molecule has 142 valence electrons. The van der Waals surface area contributed by atoms with E-state index in [1.807, 2.05) is 18.2 Å². The minimum atomic E-state index is -0.934. The van der Waals surface area contributed by atoms with Crippen molar-refractivity contribution < 1.29 is 19.4 Å². The lowest BCUT2D eigenvalue weighted by atomic mass is 10.1. The molecule has 0 fully saturated rings. The number of rotatable bonds is 7. The lowest BCUT2D eigenvalue weighted by molar-refractivity contribution is -0.123. The molecular weight excluding hydrogens is 344 g/mol. The van der Waals surface area contributed by atoms with E-state index in [0.717, 1.165) is 19.3 Å². The van der Waals surface area contributed by atoms with Gasteiger partial charge in [-0.05, 0) is 61.6 Å². The predicted octanol–water partition coefficient (Wildman–Crippen LogP) is 2.76. The molecule has 2 aromatic carbocycles. The Morgan fingerprint density at radius 2 is 1.93 bits per heavy atom. The quantitative estimate of drug-likeness (QED) is 0.654. The van der Waals surface area contributed by atoms with Crippen LogP contribution in [0.2, 0.25) is 0 Å². The van der Waals surface area contributed by atoms with E-state index in [0.29, 0.717) is 23.5 Å². The molecule has 0 unspecified atom stereocenters. The number of fused-ring (bicyclic) bond motifs is 1. The van der Waals surface area contributed by atoms with Crippen LogP contribution < -0.4 is 10.6 Å². The Morgan fingerprint density at radius 1 is 1.15 bits per heavy atom. The normalized spacial score (nSPS) is 13.6. The number of anilines is 2. The minimum absolute atomic E-state index is 0.0526. The van der Waals surface area contributed by atoms with Crippen molar-refractivity contribution in [1.82, 2.24) is 0 Å². The van der Waals surface area contributed by atoms with Crippen molar-refractivity contribution in [2.24, 2.45) is 0 Å². The number of carbonyl (C=O) groups excluding carboxylic acids is 2. The van der Waals surface area contributed by atoms with Crippen molar-refractivity contribution >= 4 is 23.3 Å². The van der Waals surface area contributed by atoms with Crippen LogP contribution in [0.5, 0.6) is 0 Å². The Morgan fingerprint density at radius 3 is 2.74 bits per heavy atom. The molecule has 1 aliphatic rings. The first kappa shape index (κ1) is 18.9. The van der Waals surface area contributed by atoms with Gasteiger partial charge in [0.25, 0.3) is 5.91 Å². The highest BCUT2D eigenvalue weighted by Gasteiger charge is 2.21. The van der Waals surface area contributed by atoms with Crippen molar-refractivity contribution in [3.8, 4) is 0 Å². The van der Waals surface area contributed by atoms with E-state index in [4.69, 9.17) is 9.84 Å². The van der Waals surface area contributed by atoms with E-state index in [1.54, 1.807) is 31.2 Å². The molecule has 0 saturated heterocycles. The van der Waals surface area contributed by atoms with Gasteiger partial charge in [0.05, 0.1) is 12.2 Å². The number of benzene rings is 2. The SMILES string of the molecule is C[C@@H](OC(=O)c1ccccc1NCCO)C(=O)Nc1ccc2c(c1)CCC2. The highest BCUT2D eigenvalue weighted by atomic mass is 16.5. The second kappa shape index (κ2) is 8.68. The molecule has 1 aliphatic carbocycles. The van der Waals surface area contributed by atoms with Crippen LogP contribution in [-0.4, -0.2) is 36.2 Å². The summed E-state index contributed by atoms with van der Waals surface area (Å²) in [6.07, 6.45) is 2.32. The molecule has 0 bridgehead atoms. The Kier molecular flexibility index (Phi) is 6.08. The molecule has 6 heteroatoms. The molecule has 0 saturated carbocycles. The standard InChI is InChI=1S/C21H24N2O4/c1-14(20(25)23-17-10-9-15-5-4-6-16(15)13-17)27-21(26)18-7-2-3-8-19(18)22-11-12-24/h2-3,7-10,13-14,22,24H,4-6,11-12H2,1H3,(H,23,25)/t14-/m1/s1. The monoisotopic (exact) mass is 368 g/mol. The highest BCUT2D eigenvalue weighted by molar-refractivity contribution is 5.99. The van der Waals surface area contributed by atoms with Crippen molar-refractivity contribution in [3.63, 3.8) is 0 Å². The summed E-state index contributed by atoms with van der Waals surface area (Å²) in [6, 6.07) is 12.7. The summed E-state index contributed by atoms with van der Waals surface area (Å²) in [6.45, 7) is 1.81. The first-order chi connectivity index (χ1) is 13.1. The summed E-state index contributed by atoms with van der Waals surface area (Å²) >= 11 is 0. The molecule has 0 aromatic heterocycles. The van der Waals surface area contributed by atoms with E-state index >= 15 is 0 Å². The van der Waals surface area contributed by atoms with Gasteiger partial charge in [0, 0.05) is 17.9 Å². The zero-order valence-electron chi connectivity index (χ0n) is 15.3. The zero-order chi connectivity index (χ0) is 19.2. The van der Waals surface area contributed by atoms with Crippen molar-refractivity contribution in [2.45, 2.75) is 32.3 Å². The number of hydrogen-bond donors (Lipinski definition) is 3. The maximum absolute atomic E-state index is 12.4. The molecule has 0 heterocycles. The first-order valence-electron chi connectivity index (χ1n) is 9.16. The summed E-state index contributed by atoms with van der Waals surface area (Å²) < 4.78 is 5.33. The van der Waals surface area contributed by atoms with Crippen molar-refractivity contribution in [1.29, 1.82) is 0 Å². The summed E-state index contributed by atoms with van der Waals surface area (Å²) in [5, 5.41) is 14.7. The number of aliphatic hydroxyl groups excluding tert-OH is 1. The Balaban J connectivity index is 1.62. The van der Waals surface area contributed by atoms with Crippen molar-refractivity contribution in [3.05, 3.63) is 59.2 Å². The molecule has 1 amide bonds. The number of nitrogens with one attached hydrogen (secondary N) is 2. The van der Waals surface area contributed by atoms with Gasteiger partial charge in [-0.1, -0.05) is 18.2 Å². The van der Waals surface area contributed by atoms with Crippen LogP contribution in [-0.2, 0) is 22.4 Å². The number of aliphatic hydroxyl groups is 1. The van der Waals surface area contributed by atoms with Gasteiger partial charge >= 0.3 is 5.97 Å². The Hall–Kier alpha value is -2.86. The number of para-hydroxylation sites is 1. The van der Waals surface area contributed by atoms with Crippen LogP contribution >= 0.6 is 0 Å². The molecule has 3 rings (SSSR count). The van der Waals surface area contributed by atoms with Crippen LogP contribution in [0.15, 0.2) is 42.5 Å². The lowest BCUT2D eigenvalue weighted by Crippen LogP contribution is -2.30. The van der Waals surface area contributed by atoms with E-state index in [9.17, 15) is 9.59 Å². The molecular formula is C21H24N2O4. The van der Waals surface area contributed by atoms with Gasteiger partial charge in [0.1, 0.15) is 0 Å². The number of amides is 1. The second-order valence-electron chi connectivity index (χ2n) is 6.57. The fraction of sp³-hybridized carbons (Fsp3) is 0.333. The van der Waals surface area contributed by atoms with Crippen LogP contribution in [0.25, 0.3) is 0 Å². The number of aryl methyl sites for hydroxylation is 2. The second-order valence-corrected chi connectivity index (χ2v) is 6.57. The number of hydrogen-bond acceptors (Lipinski definition) is 5. The summed E-state index contributed by atoms with van der Waals surface area (Å²) in [5.74, 6) is -0.963. The van der Waals surface area contributed by atoms with Gasteiger partial charge in [-0.3, -0.25) is 4.79 Å². The molecule has 3 N–H and O–H groups in total. The smallest absolute Gasteiger partial charge is 0.341 e. The van der Waals surface area contributed by atoms with Gasteiger partial charge < -0.3 is 20.5 Å². The van der Waals surface area contributed by atoms with Gasteiger partial charge in [0.2, 0.25) is 0 Å². The molecule has 2 aromatic rings. The van der Waals surface area contributed by atoms with Crippen LogP contribution in [0, 0.1) is 0 Å². The average Bonchev–Trinajstić information content (AvgIpc) is 3.14.